The van der Waals surface area contributed by atoms with Gasteiger partial charge in [-0.3, -0.25) is 4.72 Å². The molecule has 0 aliphatic rings. The number of hydrogen-bond acceptors (Lipinski definition) is 5. The lowest BCUT2D eigenvalue weighted by Crippen LogP contribution is -2.14. The van der Waals surface area contributed by atoms with Gasteiger partial charge in [-0.2, -0.15) is 13.2 Å². The van der Waals surface area contributed by atoms with Gasteiger partial charge in [-0.05, 0) is 42.3 Å². The molecule has 0 spiro atoms. The Bertz CT molecular complexity index is 1110. The van der Waals surface area contributed by atoms with Gasteiger partial charge in [0, 0.05) is 17.3 Å². The van der Waals surface area contributed by atoms with Crippen molar-refractivity contribution in [2.45, 2.75) is 24.4 Å². The van der Waals surface area contributed by atoms with E-state index in [0.29, 0.717) is 11.8 Å². The van der Waals surface area contributed by atoms with Crippen molar-refractivity contribution in [2.75, 3.05) is 11.8 Å². The van der Waals surface area contributed by atoms with Gasteiger partial charge >= 0.3 is 6.18 Å². The molecule has 3 aromatic rings. The molecular formula is C19H17F3N2O4S. The van der Waals surface area contributed by atoms with Gasteiger partial charge in [0.15, 0.2) is 0 Å². The fraction of sp³-hybridized carbons (Fsp3) is 0.211. The van der Waals surface area contributed by atoms with E-state index in [-0.39, 0.29) is 21.9 Å². The van der Waals surface area contributed by atoms with Crippen LogP contribution in [0.4, 0.5) is 18.9 Å². The summed E-state index contributed by atoms with van der Waals surface area (Å²) in [7, 11) is -2.79. The molecule has 0 atom stereocenters. The molecule has 0 aliphatic heterocycles. The number of aromatic nitrogens is 1. The number of benzene rings is 2. The van der Waals surface area contributed by atoms with Crippen molar-refractivity contribution >= 4 is 15.7 Å². The van der Waals surface area contributed by atoms with E-state index in [9.17, 15) is 21.6 Å². The van der Waals surface area contributed by atoms with Crippen molar-refractivity contribution in [1.29, 1.82) is 0 Å². The van der Waals surface area contributed by atoms with Crippen LogP contribution < -0.4 is 9.46 Å². The molecule has 0 radical (unpaired) electrons. The largest absolute Gasteiger partial charge is 0.495 e. The minimum absolute atomic E-state index is 0.0333. The van der Waals surface area contributed by atoms with Crippen LogP contribution in [0.15, 0.2) is 57.9 Å². The molecule has 10 heteroatoms. The lowest BCUT2D eigenvalue weighted by molar-refractivity contribution is -0.155. The van der Waals surface area contributed by atoms with Gasteiger partial charge in [-0.25, -0.2) is 8.42 Å². The number of sulfonamides is 1. The van der Waals surface area contributed by atoms with Crippen molar-refractivity contribution in [3.05, 3.63) is 59.9 Å². The Morgan fingerprint density at radius 1 is 1.10 bits per heavy atom. The van der Waals surface area contributed by atoms with Gasteiger partial charge in [0.2, 0.25) is 5.76 Å². The highest BCUT2D eigenvalue weighted by Crippen LogP contribution is 2.34. The van der Waals surface area contributed by atoms with Crippen molar-refractivity contribution in [2.24, 2.45) is 0 Å². The standard InChI is InChI=1S/C19H17F3N2O4S/c1-3-12-4-7-14(8-5-12)24-29(25,26)17-10-13(6-9-16(17)27-2)15-11-18(28-23-15)19(20,21)22/h4-11,24H,3H2,1-2H3. The zero-order valence-electron chi connectivity index (χ0n) is 15.4. The Morgan fingerprint density at radius 3 is 2.34 bits per heavy atom. The predicted molar refractivity (Wildman–Crippen MR) is 100 cm³/mol. The molecule has 1 aromatic heterocycles. The molecule has 2 aromatic carbocycles. The SMILES string of the molecule is CCc1ccc(NS(=O)(=O)c2cc(-c3cc(C(F)(F)F)on3)ccc2OC)cc1. The number of ether oxygens (including phenoxy) is 1. The summed E-state index contributed by atoms with van der Waals surface area (Å²) in [4.78, 5) is -0.242. The highest BCUT2D eigenvalue weighted by molar-refractivity contribution is 7.92. The summed E-state index contributed by atoms with van der Waals surface area (Å²) in [6.45, 7) is 1.98. The van der Waals surface area contributed by atoms with Crippen LogP contribution >= 0.6 is 0 Å². The number of nitrogens with one attached hydrogen (secondary N) is 1. The summed E-state index contributed by atoms with van der Waals surface area (Å²) in [5.74, 6) is -1.24. The molecule has 0 amide bonds. The first-order valence-electron chi connectivity index (χ1n) is 8.48. The van der Waals surface area contributed by atoms with E-state index in [2.05, 4.69) is 14.4 Å². The number of rotatable bonds is 6. The van der Waals surface area contributed by atoms with Gasteiger partial charge in [-0.1, -0.05) is 24.2 Å². The van der Waals surface area contributed by atoms with E-state index in [4.69, 9.17) is 4.74 Å². The maximum Gasteiger partial charge on any atom is 0.452 e. The molecule has 0 fully saturated rings. The van der Waals surface area contributed by atoms with E-state index in [1.807, 2.05) is 6.92 Å². The summed E-state index contributed by atoms with van der Waals surface area (Å²) < 4.78 is 75.8. The van der Waals surface area contributed by atoms with E-state index in [0.717, 1.165) is 12.0 Å². The van der Waals surface area contributed by atoms with Gasteiger partial charge in [-0.15, -0.1) is 0 Å². The van der Waals surface area contributed by atoms with Crippen LogP contribution in [0.5, 0.6) is 5.75 Å². The lowest BCUT2D eigenvalue weighted by atomic mass is 10.1. The number of alkyl halides is 3. The summed E-state index contributed by atoms with van der Waals surface area (Å²) in [5.41, 5.74) is 1.37. The van der Waals surface area contributed by atoms with Crippen LogP contribution in [0.3, 0.4) is 0 Å². The van der Waals surface area contributed by atoms with Crippen LogP contribution in [0.2, 0.25) is 0 Å². The molecule has 1 N–H and O–H groups in total. The minimum Gasteiger partial charge on any atom is -0.495 e. The lowest BCUT2D eigenvalue weighted by Gasteiger charge is -2.13. The summed E-state index contributed by atoms with van der Waals surface area (Å²) in [6, 6.07) is 11.5. The summed E-state index contributed by atoms with van der Waals surface area (Å²) >= 11 is 0. The number of methoxy groups -OCH3 is 1. The van der Waals surface area contributed by atoms with Crippen molar-refractivity contribution < 1.29 is 30.8 Å². The van der Waals surface area contributed by atoms with Gasteiger partial charge in [0.1, 0.15) is 16.3 Å². The Morgan fingerprint density at radius 2 is 1.79 bits per heavy atom. The number of halogens is 3. The van der Waals surface area contributed by atoms with Crippen molar-refractivity contribution in [3.8, 4) is 17.0 Å². The predicted octanol–water partition coefficient (Wildman–Crippen LogP) is 4.73. The topological polar surface area (TPSA) is 81.4 Å². The zero-order chi connectivity index (χ0) is 21.2. The second-order valence-corrected chi connectivity index (χ2v) is 7.75. The van der Waals surface area contributed by atoms with Crippen LogP contribution in [-0.4, -0.2) is 20.7 Å². The van der Waals surface area contributed by atoms with Gasteiger partial charge < -0.3 is 9.26 Å². The van der Waals surface area contributed by atoms with E-state index < -0.39 is 22.0 Å². The Balaban J connectivity index is 1.98. The van der Waals surface area contributed by atoms with Gasteiger partial charge in [0.25, 0.3) is 10.0 Å². The Kier molecular flexibility index (Phi) is 5.56. The first-order chi connectivity index (χ1) is 13.6. The summed E-state index contributed by atoms with van der Waals surface area (Å²) in [5, 5.41) is 3.38. The third-order valence-electron chi connectivity index (χ3n) is 4.15. The smallest absolute Gasteiger partial charge is 0.452 e. The zero-order valence-corrected chi connectivity index (χ0v) is 16.3. The van der Waals surface area contributed by atoms with E-state index in [1.165, 1.54) is 25.3 Å². The fourth-order valence-corrected chi connectivity index (χ4v) is 3.86. The van der Waals surface area contributed by atoms with Gasteiger partial charge in [0.05, 0.1) is 7.11 Å². The van der Waals surface area contributed by atoms with E-state index >= 15 is 0 Å². The first-order valence-corrected chi connectivity index (χ1v) is 9.96. The average molecular weight is 426 g/mol. The molecule has 0 unspecified atom stereocenters. The third-order valence-corrected chi connectivity index (χ3v) is 5.56. The second-order valence-electron chi connectivity index (χ2n) is 6.10. The molecule has 0 saturated heterocycles. The average Bonchev–Trinajstić information content (AvgIpc) is 3.18. The molecule has 6 nitrogen and oxygen atoms in total. The minimum atomic E-state index is -4.70. The highest BCUT2D eigenvalue weighted by atomic mass is 32.2. The molecule has 0 saturated carbocycles. The second kappa shape index (κ2) is 7.78. The number of hydrogen-bond donors (Lipinski definition) is 1. The van der Waals surface area contributed by atoms with Crippen LogP contribution in [0.25, 0.3) is 11.3 Å². The molecule has 154 valence electrons. The quantitative estimate of drug-likeness (QED) is 0.616. The maximum atomic E-state index is 12.9. The normalized spacial score (nSPS) is 12.0. The highest BCUT2D eigenvalue weighted by Gasteiger charge is 2.36. The third kappa shape index (κ3) is 4.53. The van der Waals surface area contributed by atoms with Crippen LogP contribution in [0.1, 0.15) is 18.2 Å². The maximum absolute atomic E-state index is 12.9. The fourth-order valence-electron chi connectivity index (χ4n) is 2.61. The number of aryl methyl sites for hydroxylation is 1. The van der Waals surface area contributed by atoms with Crippen LogP contribution in [0, 0.1) is 0 Å². The van der Waals surface area contributed by atoms with Crippen LogP contribution in [-0.2, 0) is 22.6 Å². The number of nitrogens with zero attached hydrogens (tertiary/aromatic N) is 1. The Hall–Kier alpha value is -3.01. The molecule has 0 aliphatic carbocycles. The van der Waals surface area contributed by atoms with Crippen molar-refractivity contribution in [1.82, 2.24) is 5.16 Å². The molecule has 3 rings (SSSR count). The van der Waals surface area contributed by atoms with Crippen molar-refractivity contribution in [3.63, 3.8) is 0 Å². The Labute approximate surface area is 165 Å². The monoisotopic (exact) mass is 426 g/mol. The number of anilines is 1. The molecule has 0 bridgehead atoms. The summed E-state index contributed by atoms with van der Waals surface area (Å²) in [6.07, 6.45) is -3.89. The van der Waals surface area contributed by atoms with E-state index in [1.54, 1.807) is 24.3 Å². The first kappa shape index (κ1) is 20.7. The molecule has 1 heterocycles. The molecule has 29 heavy (non-hydrogen) atoms. The molecular weight excluding hydrogens is 409 g/mol.